The zero-order chi connectivity index (χ0) is 17.3. The van der Waals surface area contributed by atoms with Crippen LogP contribution in [0.15, 0.2) is 34.1 Å². The Bertz CT molecular complexity index is 838. The number of nitrogens with zero attached hydrogens (tertiary/aromatic N) is 2. The SMILES string of the molecule is Cc1nn(C)c(C)c1S(=O)(=O)Nc1ccccc1SC1CCCC1. The number of aryl methyl sites for hydroxylation is 2. The number of aromatic nitrogens is 2. The van der Waals surface area contributed by atoms with Gasteiger partial charge >= 0.3 is 0 Å². The molecule has 24 heavy (non-hydrogen) atoms. The highest BCUT2D eigenvalue weighted by atomic mass is 32.2. The fourth-order valence-electron chi connectivity index (χ4n) is 3.18. The van der Waals surface area contributed by atoms with Crippen molar-refractivity contribution in [2.45, 2.75) is 54.6 Å². The number of hydrogen-bond donors (Lipinski definition) is 1. The molecule has 1 aromatic carbocycles. The van der Waals surface area contributed by atoms with Crippen LogP contribution in [0.2, 0.25) is 0 Å². The summed E-state index contributed by atoms with van der Waals surface area (Å²) in [5.41, 5.74) is 1.81. The van der Waals surface area contributed by atoms with E-state index in [1.807, 2.05) is 24.3 Å². The third-order valence-corrected chi connectivity index (χ3v) is 7.47. The first-order chi connectivity index (χ1) is 11.4. The van der Waals surface area contributed by atoms with Crippen LogP contribution in [0.1, 0.15) is 37.1 Å². The minimum Gasteiger partial charge on any atom is -0.278 e. The summed E-state index contributed by atoms with van der Waals surface area (Å²) in [6.07, 6.45) is 4.93. The number of thioether (sulfide) groups is 1. The average Bonchev–Trinajstić information content (AvgIpc) is 3.10. The van der Waals surface area contributed by atoms with E-state index >= 15 is 0 Å². The van der Waals surface area contributed by atoms with Crippen LogP contribution >= 0.6 is 11.8 Å². The van der Waals surface area contributed by atoms with Crippen LogP contribution in [0.5, 0.6) is 0 Å². The molecule has 1 aliphatic carbocycles. The van der Waals surface area contributed by atoms with Gasteiger partial charge in [-0.2, -0.15) is 5.10 Å². The quantitative estimate of drug-likeness (QED) is 0.873. The Morgan fingerprint density at radius 3 is 2.50 bits per heavy atom. The number of anilines is 1. The largest absolute Gasteiger partial charge is 0.278 e. The summed E-state index contributed by atoms with van der Waals surface area (Å²) < 4.78 is 30.1. The van der Waals surface area contributed by atoms with Gasteiger partial charge in [-0.1, -0.05) is 25.0 Å². The molecule has 0 radical (unpaired) electrons. The van der Waals surface area contributed by atoms with Gasteiger partial charge in [0.2, 0.25) is 0 Å². The van der Waals surface area contributed by atoms with Crippen molar-refractivity contribution in [1.82, 2.24) is 9.78 Å². The summed E-state index contributed by atoms with van der Waals surface area (Å²) >= 11 is 1.78. The molecule has 7 heteroatoms. The van der Waals surface area contributed by atoms with Crippen molar-refractivity contribution in [3.63, 3.8) is 0 Å². The molecule has 5 nitrogen and oxygen atoms in total. The highest BCUT2D eigenvalue weighted by Crippen LogP contribution is 2.38. The monoisotopic (exact) mass is 365 g/mol. The molecule has 2 aromatic rings. The van der Waals surface area contributed by atoms with Gasteiger partial charge < -0.3 is 0 Å². The second kappa shape index (κ2) is 6.80. The molecule has 0 saturated heterocycles. The maximum Gasteiger partial charge on any atom is 0.265 e. The number of sulfonamides is 1. The lowest BCUT2D eigenvalue weighted by Gasteiger charge is -2.15. The highest BCUT2D eigenvalue weighted by molar-refractivity contribution is 8.00. The summed E-state index contributed by atoms with van der Waals surface area (Å²) in [6, 6.07) is 7.63. The first kappa shape index (κ1) is 17.4. The van der Waals surface area contributed by atoms with Crippen LogP contribution in [0.4, 0.5) is 5.69 Å². The molecule has 1 fully saturated rings. The standard InChI is InChI=1S/C17H23N3O2S2/c1-12-17(13(2)20(3)18-12)24(21,22)19-15-10-6-7-11-16(15)23-14-8-4-5-9-14/h6-7,10-11,14,19H,4-5,8-9H2,1-3H3. The van der Waals surface area contributed by atoms with Gasteiger partial charge in [0.1, 0.15) is 4.90 Å². The third kappa shape index (κ3) is 3.47. The zero-order valence-corrected chi connectivity index (χ0v) is 15.9. The summed E-state index contributed by atoms with van der Waals surface area (Å²) in [7, 11) is -1.90. The lowest BCUT2D eigenvalue weighted by molar-refractivity contribution is 0.599. The molecule has 1 aliphatic rings. The first-order valence-electron chi connectivity index (χ1n) is 8.17. The molecule has 0 aliphatic heterocycles. The van der Waals surface area contributed by atoms with Gasteiger partial charge in [0, 0.05) is 17.2 Å². The number of nitrogens with one attached hydrogen (secondary N) is 1. The Labute approximate surface area is 147 Å². The molecule has 3 rings (SSSR count). The van der Waals surface area contributed by atoms with E-state index in [2.05, 4.69) is 9.82 Å². The Balaban J connectivity index is 1.90. The van der Waals surface area contributed by atoms with Crippen molar-refractivity contribution in [3.05, 3.63) is 35.7 Å². The van der Waals surface area contributed by atoms with E-state index in [1.165, 1.54) is 25.7 Å². The van der Waals surface area contributed by atoms with Crippen LogP contribution in [-0.4, -0.2) is 23.4 Å². The number of benzene rings is 1. The topological polar surface area (TPSA) is 64.0 Å². The average molecular weight is 366 g/mol. The van der Waals surface area contributed by atoms with Gasteiger partial charge in [0.15, 0.2) is 0 Å². The molecule has 1 heterocycles. The smallest absolute Gasteiger partial charge is 0.265 e. The van der Waals surface area contributed by atoms with Crippen molar-refractivity contribution in [3.8, 4) is 0 Å². The van der Waals surface area contributed by atoms with Crippen molar-refractivity contribution in [2.75, 3.05) is 4.72 Å². The maximum atomic E-state index is 12.9. The van der Waals surface area contributed by atoms with E-state index in [-0.39, 0.29) is 4.90 Å². The molecule has 1 N–H and O–H groups in total. The Hall–Kier alpha value is -1.47. The molecule has 0 unspecified atom stereocenters. The van der Waals surface area contributed by atoms with Gasteiger partial charge in [-0.05, 0) is 38.8 Å². The fraction of sp³-hybridized carbons (Fsp3) is 0.471. The molecule has 0 spiro atoms. The normalized spacial score (nSPS) is 15.8. The van der Waals surface area contributed by atoms with Gasteiger partial charge in [-0.15, -0.1) is 11.8 Å². The van der Waals surface area contributed by atoms with E-state index in [0.717, 1.165) is 4.90 Å². The van der Waals surface area contributed by atoms with Crippen LogP contribution in [0.25, 0.3) is 0 Å². The van der Waals surface area contributed by atoms with Crippen LogP contribution in [-0.2, 0) is 17.1 Å². The molecule has 1 saturated carbocycles. The number of rotatable bonds is 5. The Kier molecular flexibility index (Phi) is 4.92. The molecule has 130 valence electrons. The number of hydrogen-bond acceptors (Lipinski definition) is 4. The minimum atomic E-state index is -3.66. The van der Waals surface area contributed by atoms with Crippen molar-refractivity contribution in [2.24, 2.45) is 7.05 Å². The summed E-state index contributed by atoms with van der Waals surface area (Å²) in [5.74, 6) is 0. The van der Waals surface area contributed by atoms with E-state index < -0.39 is 10.0 Å². The fourth-order valence-corrected chi connectivity index (χ4v) is 6.09. The van der Waals surface area contributed by atoms with Crippen molar-refractivity contribution < 1.29 is 8.42 Å². The van der Waals surface area contributed by atoms with E-state index in [9.17, 15) is 8.42 Å². The summed E-state index contributed by atoms with van der Waals surface area (Å²) in [6.45, 7) is 3.49. The predicted octanol–water partition coefficient (Wildman–Crippen LogP) is 3.87. The maximum absolute atomic E-state index is 12.9. The Morgan fingerprint density at radius 1 is 1.21 bits per heavy atom. The second-order valence-corrected chi connectivity index (χ2v) is 9.21. The lowest BCUT2D eigenvalue weighted by Crippen LogP contribution is -2.15. The number of para-hydroxylation sites is 1. The van der Waals surface area contributed by atoms with Crippen molar-refractivity contribution in [1.29, 1.82) is 0 Å². The molecular weight excluding hydrogens is 342 g/mol. The molecule has 1 aromatic heterocycles. The van der Waals surface area contributed by atoms with E-state index in [0.29, 0.717) is 22.3 Å². The molecular formula is C17H23N3O2S2. The highest BCUT2D eigenvalue weighted by Gasteiger charge is 2.25. The van der Waals surface area contributed by atoms with E-state index in [1.54, 1.807) is 37.3 Å². The van der Waals surface area contributed by atoms with Crippen LogP contribution in [0, 0.1) is 13.8 Å². The third-order valence-electron chi connectivity index (χ3n) is 4.44. The van der Waals surface area contributed by atoms with Gasteiger partial charge in [0.25, 0.3) is 10.0 Å². The van der Waals surface area contributed by atoms with E-state index in [4.69, 9.17) is 0 Å². The summed E-state index contributed by atoms with van der Waals surface area (Å²) in [5, 5.41) is 4.80. The minimum absolute atomic E-state index is 0.269. The van der Waals surface area contributed by atoms with Crippen LogP contribution in [0.3, 0.4) is 0 Å². The second-order valence-electron chi connectivity index (χ2n) is 6.25. The Morgan fingerprint density at radius 2 is 1.88 bits per heavy atom. The zero-order valence-electron chi connectivity index (χ0n) is 14.2. The van der Waals surface area contributed by atoms with Gasteiger partial charge in [0.05, 0.1) is 17.1 Å². The van der Waals surface area contributed by atoms with Gasteiger partial charge in [-0.3, -0.25) is 9.40 Å². The van der Waals surface area contributed by atoms with Gasteiger partial charge in [-0.25, -0.2) is 8.42 Å². The predicted molar refractivity (Wildman–Crippen MR) is 98.0 cm³/mol. The lowest BCUT2D eigenvalue weighted by atomic mass is 10.3. The molecule has 0 amide bonds. The summed E-state index contributed by atoms with van der Waals surface area (Å²) in [4.78, 5) is 1.26. The van der Waals surface area contributed by atoms with Crippen LogP contribution < -0.4 is 4.72 Å². The molecule has 0 bridgehead atoms. The first-order valence-corrected chi connectivity index (χ1v) is 10.5. The molecule has 0 atom stereocenters. The van der Waals surface area contributed by atoms with Crippen molar-refractivity contribution >= 4 is 27.5 Å².